The zero-order chi connectivity index (χ0) is 21.0. The lowest BCUT2D eigenvalue weighted by Crippen LogP contribution is -2.39. The van der Waals surface area contributed by atoms with Gasteiger partial charge in [0.05, 0.1) is 13.2 Å². The van der Waals surface area contributed by atoms with Crippen molar-refractivity contribution in [1.82, 2.24) is 10.6 Å². The average Bonchev–Trinajstić information content (AvgIpc) is 3.53. The van der Waals surface area contributed by atoms with Crippen LogP contribution in [0.25, 0.3) is 0 Å². The largest absolute Gasteiger partial charge is 0.467 e. The molecule has 1 aliphatic heterocycles. The summed E-state index contributed by atoms with van der Waals surface area (Å²) >= 11 is 0. The molecule has 0 spiro atoms. The fourth-order valence-electron chi connectivity index (χ4n) is 3.84. The summed E-state index contributed by atoms with van der Waals surface area (Å²) in [5.74, 6) is 0.923. The summed E-state index contributed by atoms with van der Waals surface area (Å²) in [6.45, 7) is 4.47. The molecule has 0 aromatic heterocycles. The quantitative estimate of drug-likeness (QED) is 0.311. The third-order valence-corrected chi connectivity index (χ3v) is 5.61. The second kappa shape index (κ2) is 10.6. The van der Waals surface area contributed by atoms with Crippen molar-refractivity contribution in [2.75, 3.05) is 26.4 Å². The summed E-state index contributed by atoms with van der Waals surface area (Å²) in [4.78, 5) is 4.74. The number of nitrogens with zero attached hydrogens (tertiary/aromatic N) is 1. The minimum atomic E-state index is -0.288. The molecule has 31 heavy (non-hydrogen) atoms. The van der Waals surface area contributed by atoms with Gasteiger partial charge in [-0.05, 0) is 61.6 Å². The Kier molecular flexibility index (Phi) is 8.10. The molecular formula is C23H28F2IN3O2. The van der Waals surface area contributed by atoms with Gasteiger partial charge in [0.2, 0.25) is 0 Å². The van der Waals surface area contributed by atoms with Crippen molar-refractivity contribution in [3.8, 4) is 5.75 Å². The number of hydrogen-bond donors (Lipinski definition) is 2. The van der Waals surface area contributed by atoms with Crippen LogP contribution in [0.1, 0.15) is 36.5 Å². The van der Waals surface area contributed by atoms with Gasteiger partial charge < -0.3 is 20.1 Å². The second-order valence-electron chi connectivity index (χ2n) is 7.83. The normalized spacial score (nSPS) is 16.5. The van der Waals surface area contributed by atoms with Gasteiger partial charge >= 0.3 is 0 Å². The molecule has 0 atom stereocenters. The van der Waals surface area contributed by atoms with E-state index in [1.54, 1.807) is 12.1 Å². The molecule has 2 aromatic carbocycles. The average molecular weight is 543 g/mol. The van der Waals surface area contributed by atoms with Crippen molar-refractivity contribution < 1.29 is 18.3 Å². The Morgan fingerprint density at radius 2 is 1.97 bits per heavy atom. The third kappa shape index (κ3) is 5.85. The van der Waals surface area contributed by atoms with E-state index >= 15 is 0 Å². The fraction of sp³-hybridized carbons (Fsp3) is 0.435. The lowest BCUT2D eigenvalue weighted by molar-refractivity contribution is -0.0172. The van der Waals surface area contributed by atoms with Crippen LogP contribution in [0.2, 0.25) is 0 Å². The van der Waals surface area contributed by atoms with E-state index in [0.29, 0.717) is 32.1 Å². The standard InChI is InChI=1S/C23H27F2N3O2.HI/c1-2-26-22(28-14-23(7-8-23)18-4-3-5-19(24)12-18)27-9-6-16-10-20(25)11-17-13-29-15-30-21(16)17;/h3-5,10-12H,2,6-9,13-15H2,1H3,(H2,26,27,28);1H. The van der Waals surface area contributed by atoms with Gasteiger partial charge in [-0.15, -0.1) is 24.0 Å². The van der Waals surface area contributed by atoms with Crippen LogP contribution in [0.3, 0.4) is 0 Å². The third-order valence-electron chi connectivity index (χ3n) is 5.61. The summed E-state index contributed by atoms with van der Waals surface area (Å²) < 4.78 is 38.3. The zero-order valence-corrected chi connectivity index (χ0v) is 19.9. The van der Waals surface area contributed by atoms with Gasteiger partial charge in [-0.25, -0.2) is 8.78 Å². The van der Waals surface area contributed by atoms with Gasteiger partial charge in [-0.3, -0.25) is 4.99 Å². The predicted octanol–water partition coefficient (Wildman–Crippen LogP) is 4.28. The first kappa shape index (κ1) is 23.7. The number of hydrogen-bond acceptors (Lipinski definition) is 3. The van der Waals surface area contributed by atoms with E-state index in [2.05, 4.69) is 10.6 Å². The maximum Gasteiger partial charge on any atom is 0.191 e. The van der Waals surface area contributed by atoms with Crippen molar-refractivity contribution in [1.29, 1.82) is 0 Å². The van der Waals surface area contributed by atoms with Crippen molar-refractivity contribution >= 4 is 29.9 Å². The van der Waals surface area contributed by atoms with Gasteiger partial charge in [-0.1, -0.05) is 12.1 Å². The fourth-order valence-corrected chi connectivity index (χ4v) is 3.84. The maximum atomic E-state index is 13.9. The zero-order valence-electron chi connectivity index (χ0n) is 17.5. The van der Waals surface area contributed by atoms with Crippen LogP contribution in [-0.4, -0.2) is 32.4 Å². The minimum absolute atomic E-state index is 0. The highest BCUT2D eigenvalue weighted by Gasteiger charge is 2.44. The molecule has 8 heteroatoms. The highest BCUT2D eigenvalue weighted by Crippen LogP contribution is 2.48. The molecule has 1 saturated carbocycles. The van der Waals surface area contributed by atoms with E-state index in [9.17, 15) is 8.78 Å². The Morgan fingerprint density at radius 1 is 1.13 bits per heavy atom. The first-order valence-electron chi connectivity index (χ1n) is 10.4. The smallest absolute Gasteiger partial charge is 0.191 e. The lowest BCUT2D eigenvalue weighted by atomic mass is 9.96. The minimum Gasteiger partial charge on any atom is -0.467 e. The Hall–Kier alpha value is -1.94. The number of nitrogens with one attached hydrogen (secondary N) is 2. The first-order chi connectivity index (χ1) is 14.6. The van der Waals surface area contributed by atoms with Gasteiger partial charge in [0.25, 0.3) is 0 Å². The molecule has 0 radical (unpaired) electrons. The molecule has 2 N–H and O–H groups in total. The Labute approximate surface area is 198 Å². The molecule has 5 nitrogen and oxygen atoms in total. The molecule has 0 amide bonds. The van der Waals surface area contributed by atoms with Crippen molar-refractivity contribution in [3.63, 3.8) is 0 Å². The monoisotopic (exact) mass is 543 g/mol. The maximum absolute atomic E-state index is 13.9. The molecule has 2 aliphatic rings. The van der Waals surface area contributed by atoms with E-state index in [1.807, 2.05) is 13.0 Å². The molecule has 1 fully saturated rings. The Bertz CT molecular complexity index is 935. The molecule has 2 aromatic rings. The van der Waals surface area contributed by atoms with Gasteiger partial charge in [0.15, 0.2) is 12.8 Å². The van der Waals surface area contributed by atoms with Crippen molar-refractivity contribution in [2.24, 2.45) is 4.99 Å². The summed E-state index contributed by atoms with van der Waals surface area (Å²) in [6.07, 6.45) is 2.61. The number of aliphatic imine (C=N–C) groups is 1. The molecule has 1 aliphatic carbocycles. The van der Waals surface area contributed by atoms with Crippen LogP contribution in [0, 0.1) is 11.6 Å². The topological polar surface area (TPSA) is 54.9 Å². The van der Waals surface area contributed by atoms with Crippen LogP contribution < -0.4 is 15.4 Å². The SMILES string of the molecule is CCNC(=NCC1(c2cccc(F)c2)CC1)NCCc1cc(F)cc2c1OCOC2.I. The van der Waals surface area contributed by atoms with Crippen LogP contribution in [-0.2, 0) is 23.2 Å². The molecule has 0 unspecified atom stereocenters. The van der Waals surface area contributed by atoms with Gasteiger partial charge in [0.1, 0.15) is 17.4 Å². The second-order valence-corrected chi connectivity index (χ2v) is 7.83. The number of halogens is 3. The number of rotatable bonds is 7. The summed E-state index contributed by atoms with van der Waals surface area (Å²) in [6, 6.07) is 9.78. The molecule has 4 rings (SSSR count). The van der Waals surface area contributed by atoms with E-state index in [0.717, 1.165) is 41.8 Å². The van der Waals surface area contributed by atoms with Crippen LogP contribution in [0.4, 0.5) is 8.78 Å². The van der Waals surface area contributed by atoms with E-state index < -0.39 is 0 Å². The molecule has 0 bridgehead atoms. The predicted molar refractivity (Wildman–Crippen MR) is 127 cm³/mol. The summed E-state index contributed by atoms with van der Waals surface area (Å²) in [5, 5.41) is 6.56. The van der Waals surface area contributed by atoms with Crippen molar-refractivity contribution in [2.45, 2.75) is 38.2 Å². The molecule has 1 heterocycles. The highest BCUT2D eigenvalue weighted by molar-refractivity contribution is 14.0. The van der Waals surface area contributed by atoms with Gasteiger partial charge in [-0.2, -0.15) is 0 Å². The number of guanidine groups is 1. The van der Waals surface area contributed by atoms with Crippen LogP contribution in [0.5, 0.6) is 5.75 Å². The Balaban J connectivity index is 0.00000272. The molecule has 168 valence electrons. The van der Waals surface area contributed by atoms with Crippen LogP contribution >= 0.6 is 24.0 Å². The number of fused-ring (bicyclic) bond motifs is 1. The van der Waals surface area contributed by atoms with E-state index in [4.69, 9.17) is 14.5 Å². The van der Waals surface area contributed by atoms with Crippen molar-refractivity contribution in [3.05, 3.63) is 64.7 Å². The Morgan fingerprint density at radius 3 is 2.71 bits per heavy atom. The number of benzene rings is 2. The lowest BCUT2D eigenvalue weighted by Gasteiger charge is -2.21. The highest BCUT2D eigenvalue weighted by atomic mass is 127. The van der Waals surface area contributed by atoms with Gasteiger partial charge in [0, 0.05) is 24.1 Å². The molecule has 0 saturated heterocycles. The summed E-state index contributed by atoms with van der Waals surface area (Å²) in [5.41, 5.74) is 2.49. The van der Waals surface area contributed by atoms with E-state index in [-0.39, 0.29) is 47.8 Å². The van der Waals surface area contributed by atoms with Crippen LogP contribution in [0.15, 0.2) is 41.4 Å². The molecular weight excluding hydrogens is 515 g/mol. The summed E-state index contributed by atoms with van der Waals surface area (Å²) in [7, 11) is 0. The number of ether oxygens (including phenoxy) is 2. The van der Waals surface area contributed by atoms with E-state index in [1.165, 1.54) is 18.2 Å². The first-order valence-corrected chi connectivity index (χ1v) is 10.4.